The molecule has 2 aromatic heterocycles. The number of hydrogen-bond acceptors (Lipinski definition) is 10. The molecule has 4 aliphatic rings. The predicted molar refractivity (Wildman–Crippen MR) is 193 cm³/mol. The first-order valence-electron chi connectivity index (χ1n) is 18.0. The molecule has 3 atom stereocenters. The molecule has 15 nitrogen and oxygen atoms in total. The number of cyclic esters (lactones) is 1. The van der Waals surface area contributed by atoms with Gasteiger partial charge in [-0.25, -0.2) is 19.0 Å². The highest BCUT2D eigenvalue weighted by atomic mass is 19.1. The smallest absolute Gasteiger partial charge is 0.410 e. The zero-order valence-electron chi connectivity index (χ0n) is 30.0. The fraction of sp³-hybridized carbons (Fsp3) is 0.359. The first kappa shape index (κ1) is 35.8. The fourth-order valence-corrected chi connectivity index (χ4v) is 8.10. The van der Waals surface area contributed by atoms with Crippen molar-refractivity contribution in [1.29, 1.82) is 0 Å². The van der Waals surface area contributed by atoms with Crippen LogP contribution in [0.1, 0.15) is 71.2 Å². The van der Waals surface area contributed by atoms with Gasteiger partial charge < -0.3 is 35.1 Å². The lowest BCUT2D eigenvalue weighted by molar-refractivity contribution is -0.172. The van der Waals surface area contributed by atoms with E-state index in [2.05, 4.69) is 16.0 Å². The first-order chi connectivity index (χ1) is 26.4. The van der Waals surface area contributed by atoms with Crippen LogP contribution in [0.5, 0.6) is 0 Å². The lowest BCUT2D eigenvalue weighted by atomic mass is 9.81. The van der Waals surface area contributed by atoms with Crippen LogP contribution in [0.3, 0.4) is 0 Å². The van der Waals surface area contributed by atoms with Gasteiger partial charge in [0.15, 0.2) is 5.60 Å². The number of ether oxygens (including phenoxy) is 2. The summed E-state index contributed by atoms with van der Waals surface area (Å²) in [5, 5.41) is 20.1. The highest BCUT2D eigenvalue weighted by Gasteiger charge is 2.46. The normalized spacial score (nSPS) is 20.4. The van der Waals surface area contributed by atoms with Gasteiger partial charge in [0, 0.05) is 34.8 Å². The Balaban J connectivity index is 1.04. The van der Waals surface area contributed by atoms with Crippen molar-refractivity contribution >= 4 is 46.9 Å². The quantitative estimate of drug-likeness (QED) is 0.128. The number of esters is 1. The monoisotopic (exact) mass is 752 g/mol. The molecular formula is C39H37FN6O9. The SMILES string of the molecule is CCC1(O)C(=O)OCc2c1cc1n(c2=O)Cc2c-1nc1cc(F)c(C)c3c1c2C(NC(=O)C1CCN1C(=O)OCc1ccc(NC(=O)CNC=O)cc1)CC3. The molecule has 0 spiro atoms. The molecule has 0 radical (unpaired) electrons. The Morgan fingerprint density at radius 3 is 2.62 bits per heavy atom. The average Bonchev–Trinajstić information content (AvgIpc) is 3.52. The molecule has 1 fully saturated rings. The van der Waals surface area contributed by atoms with E-state index in [1.807, 2.05) is 0 Å². The first-order valence-corrected chi connectivity index (χ1v) is 18.0. The Kier molecular flexibility index (Phi) is 8.87. The van der Waals surface area contributed by atoms with E-state index in [1.54, 1.807) is 44.2 Å². The number of nitrogens with zero attached hydrogens (tertiary/aromatic N) is 3. The second kappa shape index (κ2) is 13.6. The maximum atomic E-state index is 15.3. The van der Waals surface area contributed by atoms with Crippen LogP contribution in [-0.2, 0) is 60.4 Å². The van der Waals surface area contributed by atoms with Crippen molar-refractivity contribution in [2.75, 3.05) is 18.4 Å². The van der Waals surface area contributed by atoms with Crippen LogP contribution in [0.4, 0.5) is 14.9 Å². The number of benzene rings is 2. The molecule has 3 aliphatic heterocycles. The van der Waals surface area contributed by atoms with Gasteiger partial charge in [0.25, 0.3) is 5.56 Å². The summed E-state index contributed by atoms with van der Waals surface area (Å²) in [5.41, 5.74) is 2.80. The van der Waals surface area contributed by atoms with Gasteiger partial charge in [-0.1, -0.05) is 19.1 Å². The topological polar surface area (TPSA) is 198 Å². The Bertz CT molecular complexity index is 2400. The molecule has 16 heteroatoms. The molecule has 1 saturated heterocycles. The number of aromatic nitrogens is 2. The minimum Gasteiger partial charge on any atom is -0.458 e. The van der Waals surface area contributed by atoms with E-state index in [9.17, 15) is 33.9 Å². The number of rotatable bonds is 9. The van der Waals surface area contributed by atoms with Crippen LogP contribution >= 0.6 is 0 Å². The number of halogens is 1. The van der Waals surface area contributed by atoms with E-state index in [0.717, 1.165) is 5.56 Å². The minimum absolute atomic E-state index is 0.0180. The molecule has 284 valence electrons. The standard InChI is InChI=1S/C39H37FN6O9/c1-3-39(53)25-12-30-34-23(15-46(30)36(50)24(25)17-54-37(39)51)33-27(9-8-22-19(2)26(40)13-28(43-34)32(22)33)44-35(49)29-10-11-45(29)38(52)55-16-20-4-6-21(7-5-20)42-31(48)14-41-18-47/h4-7,12-13,18,27,29,53H,3,8-11,14-17H2,1-2H3,(H,41,47)(H,42,48)(H,44,49). The number of hydrogen-bond donors (Lipinski definition) is 4. The number of carbonyl (C=O) groups is 5. The van der Waals surface area contributed by atoms with Gasteiger partial charge in [-0.2, -0.15) is 0 Å². The van der Waals surface area contributed by atoms with E-state index >= 15 is 4.39 Å². The van der Waals surface area contributed by atoms with Gasteiger partial charge in [-0.05, 0) is 73.1 Å². The van der Waals surface area contributed by atoms with Crippen molar-refractivity contribution in [3.8, 4) is 11.4 Å². The molecule has 55 heavy (non-hydrogen) atoms. The van der Waals surface area contributed by atoms with E-state index in [1.165, 1.54) is 15.5 Å². The van der Waals surface area contributed by atoms with Crippen molar-refractivity contribution in [2.45, 2.75) is 77.0 Å². The van der Waals surface area contributed by atoms with Crippen LogP contribution in [0, 0.1) is 12.7 Å². The minimum atomic E-state index is -2.01. The molecule has 4 aromatic rings. The summed E-state index contributed by atoms with van der Waals surface area (Å²) in [6, 6.07) is 8.22. The van der Waals surface area contributed by atoms with Crippen LogP contribution in [0.15, 0.2) is 41.2 Å². The van der Waals surface area contributed by atoms with Crippen molar-refractivity contribution in [2.24, 2.45) is 0 Å². The van der Waals surface area contributed by atoms with Crippen LogP contribution in [0.2, 0.25) is 0 Å². The number of fused-ring (bicyclic) bond motifs is 5. The number of carbonyl (C=O) groups excluding carboxylic acids is 5. The van der Waals surface area contributed by atoms with Crippen LogP contribution in [0.25, 0.3) is 22.3 Å². The van der Waals surface area contributed by atoms with Crippen molar-refractivity contribution in [3.63, 3.8) is 0 Å². The summed E-state index contributed by atoms with van der Waals surface area (Å²) >= 11 is 0. The third-order valence-corrected chi connectivity index (χ3v) is 11.2. The molecule has 1 aliphatic carbocycles. The lowest BCUT2D eigenvalue weighted by Crippen LogP contribution is -2.58. The van der Waals surface area contributed by atoms with Crippen molar-refractivity contribution < 1.29 is 42.9 Å². The number of pyridine rings is 2. The molecule has 4 amide bonds. The maximum Gasteiger partial charge on any atom is 0.410 e. The highest BCUT2D eigenvalue weighted by molar-refractivity contribution is 5.95. The molecule has 3 unspecified atom stereocenters. The van der Waals surface area contributed by atoms with Gasteiger partial charge in [0.2, 0.25) is 18.2 Å². The second-order valence-corrected chi connectivity index (χ2v) is 14.2. The maximum absolute atomic E-state index is 15.3. The van der Waals surface area contributed by atoms with Gasteiger partial charge >= 0.3 is 12.1 Å². The Hall–Kier alpha value is -6.16. The molecule has 2 aromatic carbocycles. The number of likely N-dealkylation sites (tertiary alicyclic amines) is 1. The van der Waals surface area contributed by atoms with Crippen molar-refractivity contribution in [3.05, 3.63) is 91.5 Å². The zero-order chi connectivity index (χ0) is 38.8. The molecular weight excluding hydrogens is 715 g/mol. The fourth-order valence-electron chi connectivity index (χ4n) is 8.10. The summed E-state index contributed by atoms with van der Waals surface area (Å²) in [4.78, 5) is 82.0. The predicted octanol–water partition coefficient (Wildman–Crippen LogP) is 2.73. The number of aryl methyl sites for hydroxylation is 1. The van der Waals surface area contributed by atoms with E-state index in [-0.39, 0.29) is 49.8 Å². The van der Waals surface area contributed by atoms with E-state index in [4.69, 9.17) is 14.5 Å². The second-order valence-electron chi connectivity index (χ2n) is 14.2. The van der Waals surface area contributed by atoms with E-state index in [0.29, 0.717) is 82.4 Å². The number of amides is 4. The molecule has 0 bridgehead atoms. The Labute approximate surface area is 312 Å². The largest absolute Gasteiger partial charge is 0.458 e. The third-order valence-electron chi connectivity index (χ3n) is 11.2. The number of aliphatic hydroxyl groups is 1. The number of anilines is 1. The number of nitrogens with one attached hydrogen (secondary N) is 3. The third kappa shape index (κ3) is 5.87. The van der Waals surface area contributed by atoms with Crippen molar-refractivity contribution in [1.82, 2.24) is 25.1 Å². The summed E-state index contributed by atoms with van der Waals surface area (Å²) in [6.07, 6.45) is 1.05. The molecule has 4 N–H and O–H groups in total. The Morgan fingerprint density at radius 2 is 1.91 bits per heavy atom. The summed E-state index contributed by atoms with van der Waals surface area (Å²) in [7, 11) is 0. The van der Waals surface area contributed by atoms with E-state index < -0.39 is 47.0 Å². The molecule has 8 rings (SSSR count). The average molecular weight is 753 g/mol. The summed E-state index contributed by atoms with van der Waals surface area (Å²) < 4.78 is 27.6. The van der Waals surface area contributed by atoms with Gasteiger partial charge in [-0.15, -0.1) is 0 Å². The van der Waals surface area contributed by atoms with Gasteiger partial charge in [0.1, 0.15) is 25.1 Å². The van der Waals surface area contributed by atoms with Gasteiger partial charge in [-0.3, -0.25) is 24.1 Å². The lowest BCUT2D eigenvalue weighted by Gasteiger charge is -2.40. The zero-order valence-corrected chi connectivity index (χ0v) is 30.0. The molecule has 5 heterocycles. The molecule has 0 saturated carbocycles. The Morgan fingerprint density at radius 1 is 1.13 bits per heavy atom. The van der Waals surface area contributed by atoms with Gasteiger partial charge in [0.05, 0.1) is 41.6 Å². The summed E-state index contributed by atoms with van der Waals surface area (Å²) in [5.74, 6) is -2.05. The van der Waals surface area contributed by atoms with Crippen LogP contribution < -0.4 is 21.5 Å². The summed E-state index contributed by atoms with van der Waals surface area (Å²) in [6.45, 7) is 3.22. The highest BCUT2D eigenvalue weighted by Crippen LogP contribution is 2.46. The van der Waals surface area contributed by atoms with Crippen LogP contribution in [-0.4, -0.2) is 69.0 Å².